The largest absolute Gasteiger partial charge is 0.376 e. The quantitative estimate of drug-likeness (QED) is 0.723. The van der Waals surface area contributed by atoms with Gasteiger partial charge in [-0.3, -0.25) is 4.98 Å². The summed E-state index contributed by atoms with van der Waals surface area (Å²) in [5, 5.41) is 5.52. The van der Waals surface area contributed by atoms with Crippen molar-refractivity contribution >= 4 is 17.0 Å². The highest BCUT2D eigenvalue weighted by molar-refractivity contribution is 7.13. The van der Waals surface area contributed by atoms with Gasteiger partial charge in [0, 0.05) is 16.1 Å². The second-order valence-corrected chi connectivity index (χ2v) is 5.74. The van der Waals surface area contributed by atoms with Crippen molar-refractivity contribution in [3.05, 3.63) is 71.6 Å². The smallest absolute Gasteiger partial charge is 0.141 e. The minimum absolute atomic E-state index is 0.00622. The van der Waals surface area contributed by atoms with Crippen LogP contribution >= 0.6 is 11.3 Å². The van der Waals surface area contributed by atoms with E-state index in [1.54, 1.807) is 17.4 Å². The van der Waals surface area contributed by atoms with Gasteiger partial charge in [0.15, 0.2) is 0 Å². The molecular formula is C17H15FN2S. The minimum atomic E-state index is -0.315. The summed E-state index contributed by atoms with van der Waals surface area (Å²) < 4.78 is 12.9. The van der Waals surface area contributed by atoms with Crippen molar-refractivity contribution in [1.82, 2.24) is 4.98 Å². The minimum Gasteiger partial charge on any atom is -0.376 e. The summed E-state index contributed by atoms with van der Waals surface area (Å²) in [6.45, 7) is 2.02. The molecule has 1 atom stereocenters. The Kier molecular flexibility index (Phi) is 3.97. The molecule has 0 fully saturated rings. The number of halogens is 1. The summed E-state index contributed by atoms with van der Waals surface area (Å²) in [7, 11) is 0. The number of aromatic nitrogens is 1. The number of rotatable bonds is 4. The lowest BCUT2D eigenvalue weighted by molar-refractivity contribution is 0.617. The number of pyridine rings is 1. The summed E-state index contributed by atoms with van der Waals surface area (Å²) in [5.74, 6) is -0.315. The molecule has 1 N–H and O–H groups in total. The standard InChI is InChI=1S/C17H15FN2S/c1-12(15-9-8-13(18)11-19-15)20-16-6-3-2-5-14(16)17-7-4-10-21-17/h2-12,20H,1H3. The van der Waals surface area contributed by atoms with Gasteiger partial charge < -0.3 is 5.32 Å². The number of hydrogen-bond acceptors (Lipinski definition) is 3. The zero-order valence-corrected chi connectivity index (χ0v) is 12.4. The molecule has 4 heteroatoms. The predicted molar refractivity (Wildman–Crippen MR) is 86.0 cm³/mol. The molecule has 0 amide bonds. The molecule has 106 valence electrons. The molecule has 3 aromatic rings. The topological polar surface area (TPSA) is 24.9 Å². The van der Waals surface area contributed by atoms with Crippen LogP contribution in [0.3, 0.4) is 0 Å². The van der Waals surface area contributed by atoms with Crippen LogP contribution in [0.15, 0.2) is 60.1 Å². The van der Waals surface area contributed by atoms with Gasteiger partial charge in [0.25, 0.3) is 0 Å². The average Bonchev–Trinajstić information content (AvgIpc) is 3.02. The van der Waals surface area contributed by atoms with Crippen molar-refractivity contribution in [1.29, 1.82) is 0 Å². The van der Waals surface area contributed by atoms with E-state index in [0.717, 1.165) is 11.4 Å². The van der Waals surface area contributed by atoms with Gasteiger partial charge in [-0.15, -0.1) is 11.3 Å². The number of nitrogens with zero attached hydrogens (tertiary/aromatic N) is 1. The van der Waals surface area contributed by atoms with Crippen molar-refractivity contribution in [2.75, 3.05) is 5.32 Å². The molecule has 2 heterocycles. The molecule has 3 rings (SSSR count). The van der Waals surface area contributed by atoms with Crippen LogP contribution in [0.5, 0.6) is 0 Å². The van der Waals surface area contributed by atoms with Crippen LogP contribution in [0.1, 0.15) is 18.7 Å². The molecule has 0 aliphatic rings. The van der Waals surface area contributed by atoms with Gasteiger partial charge in [0.1, 0.15) is 5.82 Å². The molecule has 2 aromatic heterocycles. The van der Waals surface area contributed by atoms with E-state index in [9.17, 15) is 4.39 Å². The van der Waals surface area contributed by atoms with Crippen molar-refractivity contribution in [2.45, 2.75) is 13.0 Å². The fourth-order valence-corrected chi connectivity index (χ4v) is 2.97. The summed E-state index contributed by atoms with van der Waals surface area (Å²) in [6.07, 6.45) is 1.25. The molecule has 21 heavy (non-hydrogen) atoms. The summed E-state index contributed by atoms with van der Waals surface area (Å²) >= 11 is 1.71. The molecule has 0 aliphatic carbocycles. The van der Waals surface area contributed by atoms with Crippen LogP contribution in [0, 0.1) is 5.82 Å². The summed E-state index contributed by atoms with van der Waals surface area (Å²) in [6, 6.07) is 15.5. The summed E-state index contributed by atoms with van der Waals surface area (Å²) in [5.41, 5.74) is 3.04. The lowest BCUT2D eigenvalue weighted by Gasteiger charge is -2.17. The van der Waals surface area contributed by atoms with E-state index in [4.69, 9.17) is 0 Å². The van der Waals surface area contributed by atoms with Crippen molar-refractivity contribution in [2.24, 2.45) is 0 Å². The Hall–Kier alpha value is -2.20. The highest BCUT2D eigenvalue weighted by Gasteiger charge is 2.11. The second kappa shape index (κ2) is 6.06. The van der Waals surface area contributed by atoms with E-state index in [-0.39, 0.29) is 11.9 Å². The Balaban J connectivity index is 1.86. The van der Waals surface area contributed by atoms with E-state index in [0.29, 0.717) is 0 Å². The second-order valence-electron chi connectivity index (χ2n) is 4.79. The van der Waals surface area contributed by atoms with Gasteiger partial charge >= 0.3 is 0 Å². The molecule has 1 unspecified atom stereocenters. The number of para-hydroxylation sites is 1. The SMILES string of the molecule is CC(Nc1ccccc1-c1cccs1)c1ccc(F)cn1. The molecule has 0 spiro atoms. The third kappa shape index (κ3) is 3.11. The average molecular weight is 298 g/mol. The molecule has 1 aromatic carbocycles. The molecule has 2 nitrogen and oxygen atoms in total. The van der Waals surface area contributed by atoms with Crippen molar-refractivity contribution in [3.8, 4) is 10.4 Å². The van der Waals surface area contributed by atoms with Crippen LogP contribution in [-0.4, -0.2) is 4.98 Å². The van der Waals surface area contributed by atoms with Gasteiger partial charge in [-0.2, -0.15) is 0 Å². The predicted octanol–water partition coefficient (Wildman–Crippen LogP) is 5.12. The Morgan fingerprint density at radius 2 is 1.95 bits per heavy atom. The number of thiophene rings is 1. The maximum Gasteiger partial charge on any atom is 0.141 e. The number of hydrogen-bond donors (Lipinski definition) is 1. The zero-order chi connectivity index (χ0) is 14.7. The van der Waals surface area contributed by atoms with E-state index in [1.807, 2.05) is 25.1 Å². The first-order valence-electron chi connectivity index (χ1n) is 6.75. The maximum absolute atomic E-state index is 12.9. The molecule has 0 aliphatic heterocycles. The molecular weight excluding hydrogens is 283 g/mol. The molecule has 0 bridgehead atoms. The maximum atomic E-state index is 12.9. The molecule has 0 radical (unpaired) electrons. The van der Waals surface area contributed by atoms with Crippen LogP contribution in [0.4, 0.5) is 10.1 Å². The lowest BCUT2D eigenvalue weighted by Crippen LogP contribution is -2.09. The first-order valence-corrected chi connectivity index (χ1v) is 7.63. The summed E-state index contributed by atoms with van der Waals surface area (Å²) in [4.78, 5) is 5.35. The number of anilines is 1. The Labute approximate surface area is 127 Å². The number of benzene rings is 1. The van der Waals surface area contributed by atoms with Crippen LogP contribution in [-0.2, 0) is 0 Å². The van der Waals surface area contributed by atoms with E-state index >= 15 is 0 Å². The molecule has 0 saturated heterocycles. The zero-order valence-electron chi connectivity index (χ0n) is 11.6. The van der Waals surface area contributed by atoms with E-state index in [2.05, 4.69) is 33.9 Å². The van der Waals surface area contributed by atoms with Crippen LogP contribution in [0.2, 0.25) is 0 Å². The van der Waals surface area contributed by atoms with Gasteiger partial charge in [0.05, 0.1) is 17.9 Å². The molecule has 0 saturated carbocycles. The van der Waals surface area contributed by atoms with E-state index < -0.39 is 0 Å². The normalized spacial score (nSPS) is 12.1. The Morgan fingerprint density at radius 1 is 1.10 bits per heavy atom. The first kappa shape index (κ1) is 13.8. The van der Waals surface area contributed by atoms with E-state index in [1.165, 1.54) is 22.7 Å². The van der Waals surface area contributed by atoms with Gasteiger partial charge in [0.2, 0.25) is 0 Å². The first-order chi connectivity index (χ1) is 10.2. The lowest BCUT2D eigenvalue weighted by atomic mass is 10.1. The Bertz CT molecular complexity index is 708. The van der Waals surface area contributed by atoms with Gasteiger partial charge in [-0.1, -0.05) is 24.3 Å². The van der Waals surface area contributed by atoms with Crippen molar-refractivity contribution < 1.29 is 4.39 Å². The van der Waals surface area contributed by atoms with Gasteiger partial charge in [-0.25, -0.2) is 4.39 Å². The van der Waals surface area contributed by atoms with Gasteiger partial charge in [-0.05, 0) is 36.6 Å². The fraction of sp³-hybridized carbons (Fsp3) is 0.118. The third-order valence-electron chi connectivity index (χ3n) is 3.28. The Morgan fingerprint density at radius 3 is 2.67 bits per heavy atom. The fourth-order valence-electron chi connectivity index (χ4n) is 2.21. The monoisotopic (exact) mass is 298 g/mol. The van der Waals surface area contributed by atoms with Crippen molar-refractivity contribution in [3.63, 3.8) is 0 Å². The number of nitrogens with one attached hydrogen (secondary N) is 1. The highest BCUT2D eigenvalue weighted by atomic mass is 32.1. The highest BCUT2D eigenvalue weighted by Crippen LogP contribution is 2.33. The van der Waals surface area contributed by atoms with Crippen LogP contribution < -0.4 is 5.32 Å². The third-order valence-corrected chi connectivity index (χ3v) is 4.18. The van der Waals surface area contributed by atoms with Crippen LogP contribution in [0.25, 0.3) is 10.4 Å².